The molecule has 3 rings (SSSR count). The van der Waals surface area contributed by atoms with E-state index in [4.69, 9.17) is 13.9 Å². The van der Waals surface area contributed by atoms with E-state index in [0.717, 1.165) is 16.5 Å². The molecule has 3 aromatic rings. The maximum Gasteiger partial charge on any atom is 0.344 e. The van der Waals surface area contributed by atoms with Crippen molar-refractivity contribution in [3.8, 4) is 16.9 Å². The lowest BCUT2D eigenvalue weighted by Crippen LogP contribution is -2.27. The van der Waals surface area contributed by atoms with Crippen LogP contribution in [0.15, 0.2) is 57.7 Å². The quantitative estimate of drug-likeness (QED) is 0.503. The third-order valence-electron chi connectivity index (χ3n) is 3.96. The summed E-state index contributed by atoms with van der Waals surface area (Å²) in [5.41, 5.74) is 1.82. The Morgan fingerprint density at radius 1 is 1.07 bits per heavy atom. The molecule has 0 aliphatic rings. The molecule has 0 atom stereocenters. The first-order chi connectivity index (χ1) is 12.7. The Hall–Kier alpha value is -3.08. The summed E-state index contributed by atoms with van der Waals surface area (Å²) in [6.07, 6.45) is 0. The predicted molar refractivity (Wildman–Crippen MR) is 104 cm³/mol. The molecule has 0 radical (unpaired) electrons. The van der Waals surface area contributed by atoms with Crippen LogP contribution in [0.3, 0.4) is 0 Å². The summed E-state index contributed by atoms with van der Waals surface area (Å²) < 4.78 is 16.3. The van der Waals surface area contributed by atoms with Crippen LogP contribution in [0.1, 0.15) is 26.3 Å². The fraction of sp³-hybridized carbons (Fsp3) is 0.273. The first-order valence-electron chi connectivity index (χ1n) is 8.72. The van der Waals surface area contributed by atoms with Crippen molar-refractivity contribution in [1.29, 1.82) is 0 Å². The fourth-order valence-corrected chi connectivity index (χ4v) is 2.86. The first kappa shape index (κ1) is 18.7. The van der Waals surface area contributed by atoms with Crippen molar-refractivity contribution in [1.82, 2.24) is 0 Å². The first-order valence-corrected chi connectivity index (χ1v) is 8.72. The lowest BCUT2D eigenvalue weighted by atomic mass is 10.0. The molecular formula is C22H22O5. The second kappa shape index (κ2) is 7.27. The standard InChI is InChI=1S/C22H22O5/c1-14-18(25-13-20(24)27-22(2,3)4)11-10-16-17(12-19(23)26-21(14)16)15-8-6-5-7-9-15/h5-12H,13H2,1-4H3. The summed E-state index contributed by atoms with van der Waals surface area (Å²) in [6, 6.07) is 14.7. The number of fused-ring (bicyclic) bond motifs is 1. The number of rotatable bonds is 4. The van der Waals surface area contributed by atoms with Crippen LogP contribution in [0.4, 0.5) is 0 Å². The third-order valence-corrected chi connectivity index (χ3v) is 3.96. The van der Waals surface area contributed by atoms with Gasteiger partial charge in [-0.15, -0.1) is 0 Å². The highest BCUT2D eigenvalue weighted by Crippen LogP contribution is 2.33. The van der Waals surface area contributed by atoms with Crippen molar-refractivity contribution in [2.45, 2.75) is 33.3 Å². The second-order valence-electron chi connectivity index (χ2n) is 7.29. The van der Waals surface area contributed by atoms with E-state index in [2.05, 4.69) is 0 Å². The average molecular weight is 366 g/mol. The van der Waals surface area contributed by atoms with E-state index in [-0.39, 0.29) is 6.61 Å². The molecule has 2 aromatic carbocycles. The molecule has 0 N–H and O–H groups in total. The molecule has 5 heteroatoms. The second-order valence-corrected chi connectivity index (χ2v) is 7.29. The van der Waals surface area contributed by atoms with Crippen LogP contribution in [-0.4, -0.2) is 18.2 Å². The predicted octanol–water partition coefficient (Wildman–Crippen LogP) is 4.49. The summed E-state index contributed by atoms with van der Waals surface area (Å²) in [5.74, 6) is 0.0169. The number of aryl methyl sites for hydroxylation is 1. The zero-order chi connectivity index (χ0) is 19.6. The number of benzene rings is 2. The molecule has 5 nitrogen and oxygen atoms in total. The van der Waals surface area contributed by atoms with Crippen molar-refractivity contribution in [2.75, 3.05) is 6.61 Å². The summed E-state index contributed by atoms with van der Waals surface area (Å²) in [6.45, 7) is 6.97. The minimum absolute atomic E-state index is 0.216. The molecule has 0 spiro atoms. The van der Waals surface area contributed by atoms with Crippen molar-refractivity contribution in [3.63, 3.8) is 0 Å². The van der Waals surface area contributed by atoms with Crippen molar-refractivity contribution in [2.24, 2.45) is 0 Å². The number of carbonyl (C=O) groups is 1. The monoisotopic (exact) mass is 366 g/mol. The van der Waals surface area contributed by atoms with Crippen molar-refractivity contribution >= 4 is 16.9 Å². The summed E-state index contributed by atoms with van der Waals surface area (Å²) >= 11 is 0. The van der Waals surface area contributed by atoms with Gasteiger partial charge in [0.25, 0.3) is 0 Å². The largest absolute Gasteiger partial charge is 0.481 e. The summed E-state index contributed by atoms with van der Waals surface area (Å²) in [5, 5.41) is 0.808. The number of esters is 1. The van der Waals surface area contributed by atoms with Crippen LogP contribution in [0.5, 0.6) is 5.75 Å². The van der Waals surface area contributed by atoms with E-state index in [9.17, 15) is 9.59 Å². The van der Waals surface area contributed by atoms with E-state index in [1.807, 2.05) is 36.4 Å². The van der Waals surface area contributed by atoms with Crippen LogP contribution in [-0.2, 0) is 9.53 Å². The average Bonchev–Trinajstić information content (AvgIpc) is 2.60. The van der Waals surface area contributed by atoms with Gasteiger partial charge in [0.05, 0.1) is 0 Å². The smallest absolute Gasteiger partial charge is 0.344 e. The van der Waals surface area contributed by atoms with Gasteiger partial charge >= 0.3 is 11.6 Å². The maximum atomic E-state index is 12.1. The van der Waals surface area contributed by atoms with Crippen LogP contribution in [0, 0.1) is 6.92 Å². The topological polar surface area (TPSA) is 65.7 Å². The Morgan fingerprint density at radius 3 is 2.44 bits per heavy atom. The molecule has 140 valence electrons. The van der Waals surface area contributed by atoms with Gasteiger partial charge in [0.1, 0.15) is 16.9 Å². The zero-order valence-electron chi connectivity index (χ0n) is 15.9. The number of hydrogen-bond donors (Lipinski definition) is 0. The molecule has 1 heterocycles. The Bertz CT molecular complexity index is 1030. The van der Waals surface area contributed by atoms with Crippen LogP contribution >= 0.6 is 0 Å². The van der Waals surface area contributed by atoms with Crippen molar-refractivity contribution in [3.05, 3.63) is 64.5 Å². The van der Waals surface area contributed by atoms with E-state index < -0.39 is 17.2 Å². The zero-order valence-corrected chi connectivity index (χ0v) is 15.9. The van der Waals surface area contributed by atoms with Gasteiger partial charge in [-0.3, -0.25) is 0 Å². The highest BCUT2D eigenvalue weighted by Gasteiger charge is 2.18. The van der Waals surface area contributed by atoms with Gasteiger partial charge in [0.2, 0.25) is 0 Å². The molecule has 0 saturated carbocycles. The highest BCUT2D eigenvalue weighted by molar-refractivity contribution is 5.95. The maximum absolute atomic E-state index is 12.1. The molecule has 27 heavy (non-hydrogen) atoms. The molecule has 0 amide bonds. The van der Waals surface area contributed by atoms with Gasteiger partial charge in [0.15, 0.2) is 6.61 Å². The van der Waals surface area contributed by atoms with Gasteiger partial charge < -0.3 is 13.9 Å². The Balaban J connectivity index is 1.96. The lowest BCUT2D eigenvalue weighted by molar-refractivity contribution is -0.157. The van der Waals surface area contributed by atoms with Gasteiger partial charge in [0, 0.05) is 17.0 Å². The van der Waals surface area contributed by atoms with Gasteiger partial charge in [-0.1, -0.05) is 30.3 Å². The Morgan fingerprint density at radius 2 is 1.78 bits per heavy atom. The summed E-state index contributed by atoms with van der Waals surface area (Å²) in [4.78, 5) is 24.0. The fourth-order valence-electron chi connectivity index (χ4n) is 2.86. The van der Waals surface area contributed by atoms with E-state index in [1.165, 1.54) is 6.07 Å². The number of ether oxygens (including phenoxy) is 2. The minimum atomic E-state index is -0.573. The molecule has 1 aromatic heterocycles. The number of carbonyl (C=O) groups excluding carboxylic acids is 1. The summed E-state index contributed by atoms with van der Waals surface area (Å²) in [7, 11) is 0. The molecule has 0 fully saturated rings. The minimum Gasteiger partial charge on any atom is -0.481 e. The SMILES string of the molecule is Cc1c(OCC(=O)OC(C)(C)C)ccc2c(-c3ccccc3)cc(=O)oc12. The van der Waals surface area contributed by atoms with Gasteiger partial charge in [-0.05, 0) is 51.0 Å². The molecule has 0 aliphatic carbocycles. The Labute approximate surface area is 157 Å². The third kappa shape index (κ3) is 4.37. The van der Waals surface area contributed by atoms with E-state index in [0.29, 0.717) is 16.9 Å². The molecule has 0 aliphatic heterocycles. The van der Waals surface area contributed by atoms with Gasteiger partial charge in [-0.2, -0.15) is 0 Å². The van der Waals surface area contributed by atoms with Gasteiger partial charge in [-0.25, -0.2) is 9.59 Å². The Kier molecular flexibility index (Phi) is 5.04. The normalized spacial score (nSPS) is 11.4. The highest BCUT2D eigenvalue weighted by atomic mass is 16.6. The molecular weight excluding hydrogens is 344 g/mol. The van der Waals surface area contributed by atoms with Crippen molar-refractivity contribution < 1.29 is 18.7 Å². The molecule has 0 saturated heterocycles. The van der Waals surface area contributed by atoms with E-state index in [1.54, 1.807) is 33.8 Å². The van der Waals surface area contributed by atoms with E-state index >= 15 is 0 Å². The van der Waals surface area contributed by atoms with Crippen LogP contribution in [0.2, 0.25) is 0 Å². The number of hydrogen-bond acceptors (Lipinski definition) is 5. The van der Waals surface area contributed by atoms with Crippen LogP contribution < -0.4 is 10.4 Å². The van der Waals surface area contributed by atoms with Crippen LogP contribution in [0.25, 0.3) is 22.1 Å². The molecule has 0 bridgehead atoms. The molecule has 0 unspecified atom stereocenters. The lowest BCUT2D eigenvalue weighted by Gasteiger charge is -2.19.